The summed E-state index contributed by atoms with van der Waals surface area (Å²) in [5.74, 6) is 1.07. The number of carbonyl (C=O) groups is 2. The second-order valence-electron chi connectivity index (χ2n) is 6.75. The highest BCUT2D eigenvalue weighted by Gasteiger charge is 2.27. The van der Waals surface area contributed by atoms with E-state index in [2.05, 4.69) is 22.4 Å². The maximum absolute atomic E-state index is 12.5. The van der Waals surface area contributed by atoms with Crippen LogP contribution in [0.3, 0.4) is 0 Å². The molecule has 1 aliphatic rings. The van der Waals surface area contributed by atoms with Gasteiger partial charge in [0.25, 0.3) is 5.91 Å². The van der Waals surface area contributed by atoms with Gasteiger partial charge in [0.05, 0.1) is 11.3 Å². The Morgan fingerprint density at radius 2 is 2.15 bits per heavy atom. The molecule has 2 aromatic rings. The molecule has 0 saturated heterocycles. The summed E-state index contributed by atoms with van der Waals surface area (Å²) in [6.45, 7) is 7.03. The average Bonchev–Trinajstić information content (AvgIpc) is 3.19. The third kappa shape index (κ3) is 4.19. The number of anilines is 1. The number of hydrogen-bond donors (Lipinski definition) is 2. The molecule has 2 heterocycles. The molecule has 0 bridgehead atoms. The highest BCUT2D eigenvalue weighted by molar-refractivity contribution is 7.99. The summed E-state index contributed by atoms with van der Waals surface area (Å²) in [5, 5.41) is 12.5. The van der Waals surface area contributed by atoms with Gasteiger partial charge in [0.15, 0.2) is 5.16 Å². The van der Waals surface area contributed by atoms with E-state index in [4.69, 9.17) is 5.73 Å². The van der Waals surface area contributed by atoms with Crippen LogP contribution >= 0.6 is 23.1 Å². The molecule has 9 heteroatoms. The highest BCUT2D eigenvalue weighted by Crippen LogP contribution is 2.39. The second-order valence-corrected chi connectivity index (χ2v) is 8.80. The summed E-state index contributed by atoms with van der Waals surface area (Å²) < 4.78 is 2.01. The van der Waals surface area contributed by atoms with E-state index >= 15 is 0 Å². The number of nitrogens with one attached hydrogen (secondary N) is 1. The largest absolute Gasteiger partial charge is 0.365 e. The topological polar surface area (TPSA) is 103 Å². The van der Waals surface area contributed by atoms with Gasteiger partial charge in [0.1, 0.15) is 10.8 Å². The number of thioether (sulfide) groups is 1. The zero-order valence-electron chi connectivity index (χ0n) is 15.9. The summed E-state index contributed by atoms with van der Waals surface area (Å²) in [7, 11) is 0. The number of nitrogens with two attached hydrogens (primary N) is 1. The molecule has 2 amide bonds. The number of rotatable bonds is 7. The molecule has 7 nitrogen and oxygen atoms in total. The van der Waals surface area contributed by atoms with E-state index in [1.165, 1.54) is 28.0 Å². The lowest BCUT2D eigenvalue weighted by Crippen LogP contribution is -2.20. The van der Waals surface area contributed by atoms with Gasteiger partial charge in [-0.1, -0.05) is 25.6 Å². The first kappa shape index (κ1) is 19.9. The molecular formula is C18H25N5O2S2. The van der Waals surface area contributed by atoms with E-state index in [-0.39, 0.29) is 11.7 Å². The normalized spacial score (nSPS) is 16.2. The standard InChI is InChI=1S/C18H25N5O2S2/c1-4-13-21-22-18(23(13)5-2)26-9-14(24)20-17-15(16(19)25)11-7-6-10(3)8-12(11)27-17/h10H,4-9H2,1-3H3,(H2,19,25)(H,20,24). The Balaban J connectivity index is 1.71. The van der Waals surface area contributed by atoms with Gasteiger partial charge in [0.2, 0.25) is 5.91 Å². The van der Waals surface area contributed by atoms with Crippen molar-refractivity contribution in [3.8, 4) is 0 Å². The Kier molecular flexibility index (Phi) is 6.21. The lowest BCUT2D eigenvalue weighted by Gasteiger charge is -2.18. The molecule has 3 N–H and O–H groups in total. The monoisotopic (exact) mass is 407 g/mol. The van der Waals surface area contributed by atoms with Gasteiger partial charge in [-0.3, -0.25) is 9.59 Å². The Morgan fingerprint density at radius 1 is 1.37 bits per heavy atom. The molecule has 1 unspecified atom stereocenters. The van der Waals surface area contributed by atoms with Crippen molar-refractivity contribution in [3.63, 3.8) is 0 Å². The predicted octanol–water partition coefficient (Wildman–Crippen LogP) is 2.88. The maximum atomic E-state index is 12.5. The number of fused-ring (bicyclic) bond motifs is 1. The summed E-state index contributed by atoms with van der Waals surface area (Å²) in [4.78, 5) is 25.6. The minimum Gasteiger partial charge on any atom is -0.365 e. The summed E-state index contributed by atoms with van der Waals surface area (Å²) in [5.41, 5.74) is 7.12. The van der Waals surface area contributed by atoms with Gasteiger partial charge >= 0.3 is 0 Å². The SMILES string of the molecule is CCc1nnc(SCC(=O)Nc2sc3c(c2C(N)=O)CCC(C)C3)n1CC. The zero-order chi connectivity index (χ0) is 19.6. The smallest absolute Gasteiger partial charge is 0.251 e. The van der Waals surface area contributed by atoms with E-state index in [0.717, 1.165) is 48.8 Å². The van der Waals surface area contributed by atoms with Crippen molar-refractivity contribution in [1.29, 1.82) is 0 Å². The lowest BCUT2D eigenvalue weighted by molar-refractivity contribution is -0.113. The fraction of sp³-hybridized carbons (Fsp3) is 0.556. The van der Waals surface area contributed by atoms with Gasteiger partial charge < -0.3 is 15.6 Å². The van der Waals surface area contributed by atoms with Crippen LogP contribution in [0.2, 0.25) is 0 Å². The molecule has 27 heavy (non-hydrogen) atoms. The van der Waals surface area contributed by atoms with E-state index in [1.54, 1.807) is 0 Å². The Morgan fingerprint density at radius 3 is 2.81 bits per heavy atom. The molecule has 0 fully saturated rings. The van der Waals surface area contributed by atoms with Crippen LogP contribution in [0.5, 0.6) is 0 Å². The van der Waals surface area contributed by atoms with Crippen LogP contribution in [-0.2, 0) is 30.6 Å². The number of hydrogen-bond acceptors (Lipinski definition) is 6. The fourth-order valence-electron chi connectivity index (χ4n) is 3.40. The Hall–Kier alpha value is -1.87. The lowest BCUT2D eigenvalue weighted by atomic mass is 9.88. The molecule has 0 aromatic carbocycles. The molecular weight excluding hydrogens is 382 g/mol. The molecule has 146 valence electrons. The average molecular weight is 408 g/mol. The predicted molar refractivity (Wildman–Crippen MR) is 108 cm³/mol. The quantitative estimate of drug-likeness (QED) is 0.687. The van der Waals surface area contributed by atoms with Crippen molar-refractivity contribution >= 4 is 39.9 Å². The van der Waals surface area contributed by atoms with E-state index in [9.17, 15) is 9.59 Å². The van der Waals surface area contributed by atoms with Crippen LogP contribution in [0, 0.1) is 5.92 Å². The van der Waals surface area contributed by atoms with E-state index < -0.39 is 5.91 Å². The van der Waals surface area contributed by atoms with Crippen molar-refractivity contribution in [1.82, 2.24) is 14.8 Å². The minimum absolute atomic E-state index is 0.169. The maximum Gasteiger partial charge on any atom is 0.251 e. The molecule has 0 aliphatic heterocycles. The van der Waals surface area contributed by atoms with Gasteiger partial charge in [-0.05, 0) is 37.7 Å². The van der Waals surface area contributed by atoms with Gasteiger partial charge in [0, 0.05) is 17.8 Å². The number of amides is 2. The fourth-order valence-corrected chi connectivity index (χ4v) is 5.65. The third-order valence-corrected chi connectivity index (χ3v) is 6.91. The zero-order valence-corrected chi connectivity index (χ0v) is 17.5. The van der Waals surface area contributed by atoms with Crippen LogP contribution in [0.4, 0.5) is 5.00 Å². The molecule has 3 rings (SSSR count). The van der Waals surface area contributed by atoms with E-state index in [1.807, 2.05) is 18.4 Å². The number of primary amides is 1. The number of nitrogens with zero attached hydrogens (tertiary/aromatic N) is 3. The first-order valence-corrected chi connectivity index (χ1v) is 11.0. The Bertz CT molecular complexity index is 858. The van der Waals surface area contributed by atoms with Gasteiger partial charge in [-0.25, -0.2) is 0 Å². The van der Waals surface area contributed by atoms with Crippen molar-refractivity contribution in [2.45, 2.75) is 58.2 Å². The first-order valence-electron chi connectivity index (χ1n) is 9.23. The van der Waals surface area contributed by atoms with Gasteiger partial charge in [-0.15, -0.1) is 21.5 Å². The van der Waals surface area contributed by atoms with Crippen molar-refractivity contribution in [3.05, 3.63) is 21.8 Å². The molecule has 1 atom stereocenters. The third-order valence-electron chi connectivity index (χ3n) is 4.77. The van der Waals surface area contributed by atoms with Crippen LogP contribution < -0.4 is 11.1 Å². The molecule has 2 aromatic heterocycles. The van der Waals surface area contributed by atoms with Crippen LogP contribution in [0.15, 0.2) is 5.16 Å². The number of thiophene rings is 1. The number of carbonyl (C=O) groups excluding carboxylic acids is 2. The minimum atomic E-state index is -0.469. The van der Waals surface area contributed by atoms with Crippen molar-refractivity contribution in [2.75, 3.05) is 11.1 Å². The van der Waals surface area contributed by atoms with Crippen molar-refractivity contribution < 1.29 is 9.59 Å². The molecule has 1 aliphatic carbocycles. The van der Waals surface area contributed by atoms with Crippen molar-refractivity contribution in [2.24, 2.45) is 11.7 Å². The highest BCUT2D eigenvalue weighted by atomic mass is 32.2. The van der Waals surface area contributed by atoms with E-state index in [0.29, 0.717) is 16.5 Å². The van der Waals surface area contributed by atoms with Crippen LogP contribution in [0.1, 0.15) is 53.8 Å². The summed E-state index contributed by atoms with van der Waals surface area (Å²) in [6.07, 6.45) is 3.62. The molecule has 0 spiro atoms. The number of aryl methyl sites for hydroxylation is 1. The summed E-state index contributed by atoms with van der Waals surface area (Å²) >= 11 is 2.83. The van der Waals surface area contributed by atoms with Gasteiger partial charge in [-0.2, -0.15) is 0 Å². The number of aromatic nitrogens is 3. The van der Waals surface area contributed by atoms with Crippen LogP contribution in [0.25, 0.3) is 0 Å². The first-order chi connectivity index (χ1) is 12.9. The summed E-state index contributed by atoms with van der Waals surface area (Å²) in [6, 6.07) is 0. The molecule has 0 radical (unpaired) electrons. The van der Waals surface area contributed by atoms with Crippen LogP contribution in [-0.4, -0.2) is 32.3 Å². The molecule has 0 saturated carbocycles. The Labute approximate surface area is 167 Å². The second kappa shape index (κ2) is 8.43.